The molecule has 0 aliphatic rings. The Labute approximate surface area is 267 Å². The van der Waals surface area contributed by atoms with Crippen molar-refractivity contribution in [1.29, 1.82) is 0 Å². The highest BCUT2D eigenvalue weighted by atomic mass is 16.5. The third-order valence-electron chi connectivity index (χ3n) is 7.84. The summed E-state index contributed by atoms with van der Waals surface area (Å²) in [5.41, 5.74) is 4.18. The molecule has 2 aromatic heterocycles. The van der Waals surface area contributed by atoms with Crippen LogP contribution in [0.1, 0.15) is 34.2 Å². The molecule has 236 valence electrons. The largest absolute Gasteiger partial charge is 0.497 e. The van der Waals surface area contributed by atoms with Crippen LogP contribution in [-0.4, -0.2) is 46.9 Å². The summed E-state index contributed by atoms with van der Waals surface area (Å²) >= 11 is 0. The second-order valence-corrected chi connectivity index (χ2v) is 11.1. The van der Waals surface area contributed by atoms with E-state index in [0.717, 1.165) is 22.3 Å². The Hall–Kier alpha value is -5.51. The SMILES string of the molecule is COc1ccc(C[C@H](Nc2nc3ccc(CNC(=O)CCc4cccnc4)c(C)c3c(=O)o2)C(=O)N(C)Cc2ccccc2)cc1. The van der Waals surface area contributed by atoms with Crippen molar-refractivity contribution in [2.45, 2.75) is 45.3 Å². The molecule has 0 aliphatic heterocycles. The van der Waals surface area contributed by atoms with Gasteiger partial charge >= 0.3 is 5.63 Å². The molecule has 2 N–H and O–H groups in total. The number of benzene rings is 3. The van der Waals surface area contributed by atoms with E-state index < -0.39 is 11.7 Å². The van der Waals surface area contributed by atoms with Crippen LogP contribution in [0.2, 0.25) is 0 Å². The summed E-state index contributed by atoms with van der Waals surface area (Å²) in [5, 5.41) is 6.35. The van der Waals surface area contributed by atoms with Crippen molar-refractivity contribution in [2.75, 3.05) is 19.5 Å². The maximum atomic E-state index is 13.7. The second kappa shape index (κ2) is 15.0. The number of aryl methyl sites for hydroxylation is 2. The van der Waals surface area contributed by atoms with E-state index in [1.165, 1.54) is 0 Å². The molecule has 5 rings (SSSR count). The summed E-state index contributed by atoms with van der Waals surface area (Å²) in [6.07, 6.45) is 4.68. The standard InChI is InChI=1S/C36H37N5O5/c1-24-28(22-38-32(42)18-13-26-10-7-19-37-21-26)14-17-30-33(24)35(44)46-36(39-30)40-31(20-25-11-15-29(45-3)16-12-25)34(43)41(2)23-27-8-5-4-6-9-27/h4-12,14-17,19,21,31H,13,18,20,22-23H2,1-3H3,(H,38,42)(H,39,40)/t31-/m0/s1. The number of amides is 2. The number of fused-ring (bicyclic) bond motifs is 1. The number of aromatic nitrogens is 2. The third-order valence-corrected chi connectivity index (χ3v) is 7.84. The smallest absolute Gasteiger partial charge is 0.348 e. The van der Waals surface area contributed by atoms with Gasteiger partial charge in [-0.2, -0.15) is 4.98 Å². The highest BCUT2D eigenvalue weighted by molar-refractivity contribution is 5.86. The quantitative estimate of drug-likeness (QED) is 0.192. The van der Waals surface area contributed by atoms with Crippen LogP contribution in [0.3, 0.4) is 0 Å². The zero-order valence-electron chi connectivity index (χ0n) is 26.2. The number of carbonyl (C=O) groups excluding carboxylic acids is 2. The van der Waals surface area contributed by atoms with Gasteiger partial charge in [0.05, 0.1) is 18.0 Å². The summed E-state index contributed by atoms with van der Waals surface area (Å²) < 4.78 is 10.9. The van der Waals surface area contributed by atoms with Crippen LogP contribution in [0.5, 0.6) is 5.75 Å². The molecule has 0 radical (unpaired) electrons. The van der Waals surface area contributed by atoms with Crippen LogP contribution >= 0.6 is 0 Å². The highest BCUT2D eigenvalue weighted by Gasteiger charge is 2.25. The van der Waals surface area contributed by atoms with Crippen molar-refractivity contribution in [2.24, 2.45) is 0 Å². The van der Waals surface area contributed by atoms with Crippen LogP contribution in [0.15, 0.2) is 100 Å². The van der Waals surface area contributed by atoms with E-state index in [4.69, 9.17) is 9.15 Å². The Balaban J connectivity index is 1.33. The van der Waals surface area contributed by atoms with E-state index in [-0.39, 0.29) is 24.4 Å². The number of rotatable bonds is 13. The number of carbonyl (C=O) groups is 2. The average molecular weight is 620 g/mol. The summed E-state index contributed by atoms with van der Waals surface area (Å²) in [6, 6.07) is 23.7. The lowest BCUT2D eigenvalue weighted by Crippen LogP contribution is -2.42. The first-order valence-electron chi connectivity index (χ1n) is 15.1. The molecule has 0 aliphatic carbocycles. The molecule has 46 heavy (non-hydrogen) atoms. The monoisotopic (exact) mass is 619 g/mol. The molecule has 5 aromatic rings. The molecule has 0 bridgehead atoms. The van der Waals surface area contributed by atoms with Gasteiger partial charge in [-0.1, -0.05) is 54.6 Å². The molecular formula is C36H37N5O5. The molecule has 0 fully saturated rings. The van der Waals surface area contributed by atoms with E-state index in [1.807, 2.05) is 72.8 Å². The number of likely N-dealkylation sites (N-methyl/N-ethyl adjacent to an activating group) is 1. The first-order valence-corrected chi connectivity index (χ1v) is 15.1. The second-order valence-electron chi connectivity index (χ2n) is 11.1. The minimum absolute atomic E-state index is 0.0478. The predicted molar refractivity (Wildman–Crippen MR) is 176 cm³/mol. The van der Waals surface area contributed by atoms with Crippen LogP contribution in [-0.2, 0) is 35.5 Å². The number of anilines is 1. The van der Waals surface area contributed by atoms with Gasteiger partial charge in [0.25, 0.3) is 6.01 Å². The molecular weight excluding hydrogens is 582 g/mol. The van der Waals surface area contributed by atoms with Gasteiger partial charge in [-0.3, -0.25) is 14.6 Å². The zero-order chi connectivity index (χ0) is 32.5. The molecule has 2 heterocycles. The normalized spacial score (nSPS) is 11.5. The Kier molecular flexibility index (Phi) is 10.4. The van der Waals surface area contributed by atoms with Crippen molar-refractivity contribution >= 4 is 28.7 Å². The number of ether oxygens (including phenoxy) is 1. The summed E-state index contributed by atoms with van der Waals surface area (Å²) in [7, 11) is 3.34. The molecule has 3 aromatic carbocycles. The van der Waals surface area contributed by atoms with Crippen molar-refractivity contribution in [3.63, 3.8) is 0 Å². The minimum atomic E-state index is -0.766. The maximum Gasteiger partial charge on any atom is 0.348 e. The van der Waals surface area contributed by atoms with Gasteiger partial charge in [0.1, 0.15) is 11.8 Å². The molecule has 1 atom stereocenters. The van der Waals surface area contributed by atoms with Gasteiger partial charge in [-0.25, -0.2) is 4.79 Å². The van der Waals surface area contributed by atoms with Crippen molar-refractivity contribution in [3.05, 3.63) is 129 Å². The summed E-state index contributed by atoms with van der Waals surface area (Å²) in [4.78, 5) is 49.8. The minimum Gasteiger partial charge on any atom is -0.497 e. The predicted octanol–water partition coefficient (Wildman–Crippen LogP) is 4.83. The number of nitrogens with one attached hydrogen (secondary N) is 2. The van der Waals surface area contributed by atoms with Crippen LogP contribution < -0.4 is 21.0 Å². The lowest BCUT2D eigenvalue weighted by atomic mass is 10.0. The molecule has 0 unspecified atom stereocenters. The number of pyridine rings is 1. The summed E-state index contributed by atoms with van der Waals surface area (Å²) in [5.74, 6) is 0.426. The van der Waals surface area contributed by atoms with Crippen LogP contribution in [0.4, 0.5) is 6.01 Å². The number of hydrogen-bond donors (Lipinski definition) is 2. The van der Waals surface area contributed by atoms with E-state index >= 15 is 0 Å². The van der Waals surface area contributed by atoms with Gasteiger partial charge in [-0.05, 0) is 65.4 Å². The van der Waals surface area contributed by atoms with Gasteiger partial charge in [-0.15, -0.1) is 0 Å². The van der Waals surface area contributed by atoms with E-state index in [9.17, 15) is 14.4 Å². The Morgan fingerprint density at radius 1 is 0.957 bits per heavy atom. The molecule has 0 saturated heterocycles. The van der Waals surface area contributed by atoms with Crippen LogP contribution in [0, 0.1) is 6.92 Å². The number of nitrogens with zero attached hydrogens (tertiary/aromatic N) is 3. The lowest BCUT2D eigenvalue weighted by Gasteiger charge is -2.25. The Morgan fingerprint density at radius 3 is 2.43 bits per heavy atom. The zero-order valence-corrected chi connectivity index (χ0v) is 26.2. The van der Waals surface area contributed by atoms with E-state index in [1.54, 1.807) is 44.4 Å². The third kappa shape index (κ3) is 8.15. The molecule has 0 saturated carbocycles. The Bertz CT molecular complexity index is 1840. The highest BCUT2D eigenvalue weighted by Crippen LogP contribution is 2.21. The lowest BCUT2D eigenvalue weighted by molar-refractivity contribution is -0.131. The molecule has 0 spiro atoms. The van der Waals surface area contributed by atoms with Gasteiger partial charge in [0, 0.05) is 45.4 Å². The average Bonchev–Trinajstić information content (AvgIpc) is 3.07. The van der Waals surface area contributed by atoms with Gasteiger partial charge in [0.2, 0.25) is 11.8 Å². The van der Waals surface area contributed by atoms with Crippen molar-refractivity contribution in [1.82, 2.24) is 20.2 Å². The van der Waals surface area contributed by atoms with Gasteiger partial charge < -0.3 is 24.7 Å². The van der Waals surface area contributed by atoms with E-state index in [0.29, 0.717) is 48.0 Å². The topological polar surface area (TPSA) is 127 Å². The van der Waals surface area contributed by atoms with Crippen molar-refractivity contribution < 1.29 is 18.7 Å². The summed E-state index contributed by atoms with van der Waals surface area (Å²) in [6.45, 7) is 2.48. The number of methoxy groups -OCH3 is 1. The van der Waals surface area contributed by atoms with Crippen molar-refractivity contribution in [3.8, 4) is 5.75 Å². The van der Waals surface area contributed by atoms with E-state index in [2.05, 4.69) is 20.6 Å². The van der Waals surface area contributed by atoms with Crippen LogP contribution in [0.25, 0.3) is 10.9 Å². The van der Waals surface area contributed by atoms with Gasteiger partial charge in [0.15, 0.2) is 0 Å². The first kappa shape index (κ1) is 31.9. The number of hydrogen-bond acceptors (Lipinski definition) is 8. The molecule has 10 heteroatoms. The fraction of sp³-hybridized carbons (Fsp3) is 0.250. The molecule has 10 nitrogen and oxygen atoms in total. The Morgan fingerprint density at radius 2 is 1.72 bits per heavy atom. The molecule has 2 amide bonds. The first-order chi connectivity index (χ1) is 22.3. The fourth-order valence-electron chi connectivity index (χ4n) is 5.25. The maximum absolute atomic E-state index is 13.7. The fourth-order valence-corrected chi connectivity index (χ4v) is 5.25.